The normalized spacial score (nSPS) is 49.7. The summed E-state index contributed by atoms with van der Waals surface area (Å²) >= 11 is 0. The molecule has 10 saturated heterocycles. The van der Waals surface area contributed by atoms with E-state index in [0.29, 0.717) is 0 Å². The van der Waals surface area contributed by atoms with Crippen LogP contribution in [0.4, 0.5) is 0 Å². The van der Waals surface area contributed by atoms with Gasteiger partial charge < -0.3 is 249 Å². The minimum atomic E-state index is -2.54. The largest absolute Gasteiger partial charge is 0.394 e. The van der Waals surface area contributed by atoms with Crippen LogP contribution < -0.4 is 21.3 Å². The molecule has 50 atom stereocenters. The van der Waals surface area contributed by atoms with Gasteiger partial charge in [-0.05, 0) is 6.92 Å². The summed E-state index contributed by atoms with van der Waals surface area (Å²) in [5, 5.41) is 309. The maximum absolute atomic E-state index is 13.2. The number of carbonyl (C=O) groups is 4. The summed E-state index contributed by atoms with van der Waals surface area (Å²) in [6.07, 6.45) is -92.4. The number of rotatable bonds is 31. The minimum absolute atomic E-state index is 0.833. The van der Waals surface area contributed by atoms with Gasteiger partial charge in [0.2, 0.25) is 23.6 Å². The standard InChI is InChI=1S/C68H114N4O50/c1-15-33(83)42(92)47(97)63(107-15)106-14-28-57(38(88)29(59(103)108-28)69-16(2)79)118-62-32(72-19(5)82)41(91)55(24(10-77)113-62)121-68-52(102)58(122-67-51(101)46(96)56(25(11-78)114-67)117-61-31(71-18(4)81)40(90)54(23(9-76)112-61)120-66-50(100)44(94)35(85)21(7-74)110-66)37(87)27(116-68)13-105-64-48(98)45(95)36(86)26(115-64)12-104-60-30(70-17(3)80)39(89)53(22(8-75)111-60)119-65-49(99)43(93)34(84)20(6-73)109-65/h15,20-68,73-78,83-103H,6-14H2,1-5H3,(H,69,79)(H,70,80)(H,71,81)(H,72,82)/t15-,20-,21-,22-,23-,24-,25-,26-,27-,28-,29-,30-,31-,32-,33+,34+,35+,36-,37-,38-,39-,40-,41-,42+,43+,44+,45+,46-,47-,48+,49-,50-,51+,52+,53-,54-,55-,56-,57-,58+,59-,60-,61+,62+,63+,64+,65+,66+,67-,68+/m1/s1. The van der Waals surface area contributed by atoms with E-state index < -0.39 is 390 Å². The third-order valence-corrected chi connectivity index (χ3v) is 22.4. The minimum Gasteiger partial charge on any atom is -0.394 e. The van der Waals surface area contributed by atoms with E-state index in [-0.39, 0.29) is 0 Å². The molecule has 122 heavy (non-hydrogen) atoms. The van der Waals surface area contributed by atoms with E-state index in [1.165, 1.54) is 6.92 Å². The van der Waals surface area contributed by atoms with E-state index in [4.69, 9.17) is 90.0 Å². The van der Waals surface area contributed by atoms with Crippen molar-refractivity contribution in [2.24, 2.45) is 0 Å². The van der Waals surface area contributed by atoms with Crippen LogP contribution in [0.2, 0.25) is 0 Å². The molecule has 0 aromatic rings. The Balaban J connectivity index is 0.907. The summed E-state index contributed by atoms with van der Waals surface area (Å²) in [6.45, 7) is -4.16. The second kappa shape index (κ2) is 43.6. The molecule has 0 aliphatic carbocycles. The van der Waals surface area contributed by atoms with Crippen LogP contribution in [0.25, 0.3) is 0 Å². The lowest BCUT2D eigenvalue weighted by Gasteiger charge is -2.51. The molecule has 0 spiro atoms. The molecule has 0 aromatic carbocycles. The smallest absolute Gasteiger partial charge is 0.217 e. The highest BCUT2D eigenvalue weighted by Gasteiger charge is 2.61. The van der Waals surface area contributed by atoms with Gasteiger partial charge in [0.1, 0.15) is 238 Å². The number of carbonyl (C=O) groups excluding carboxylic acids is 4. The van der Waals surface area contributed by atoms with Gasteiger partial charge in [-0.3, -0.25) is 19.2 Å². The van der Waals surface area contributed by atoms with Crippen molar-refractivity contribution in [3.05, 3.63) is 0 Å². The molecule has 54 nitrogen and oxygen atoms in total. The van der Waals surface area contributed by atoms with Crippen LogP contribution in [0.1, 0.15) is 34.6 Å². The van der Waals surface area contributed by atoms with Crippen LogP contribution in [0.15, 0.2) is 0 Å². The molecule has 0 aromatic heterocycles. The van der Waals surface area contributed by atoms with Crippen LogP contribution in [0, 0.1) is 0 Å². The van der Waals surface area contributed by atoms with Crippen molar-refractivity contribution in [1.82, 2.24) is 21.3 Å². The lowest BCUT2D eigenvalue weighted by Crippen LogP contribution is -2.71. The molecule has 0 saturated carbocycles. The molecule has 10 aliphatic rings. The van der Waals surface area contributed by atoms with Crippen molar-refractivity contribution in [2.75, 3.05) is 59.5 Å². The number of aliphatic hydroxyl groups is 27. The van der Waals surface area contributed by atoms with Crippen LogP contribution in [-0.2, 0) is 109 Å². The van der Waals surface area contributed by atoms with Crippen molar-refractivity contribution < 1.29 is 247 Å². The van der Waals surface area contributed by atoms with Gasteiger partial charge in [-0.15, -0.1) is 0 Å². The van der Waals surface area contributed by atoms with Gasteiger partial charge in [0.25, 0.3) is 0 Å². The highest BCUT2D eigenvalue weighted by Crippen LogP contribution is 2.40. The predicted molar refractivity (Wildman–Crippen MR) is 375 cm³/mol. The first-order chi connectivity index (χ1) is 57.6. The second-order valence-corrected chi connectivity index (χ2v) is 31.0. The number of nitrogens with one attached hydrogen (secondary N) is 4. The maximum atomic E-state index is 13.2. The molecule has 0 radical (unpaired) electrons. The van der Waals surface area contributed by atoms with Gasteiger partial charge in [0.05, 0.1) is 65.6 Å². The van der Waals surface area contributed by atoms with E-state index in [2.05, 4.69) is 21.3 Å². The Hall–Kier alpha value is -3.96. The molecule has 31 N–H and O–H groups in total. The molecule has 706 valence electrons. The van der Waals surface area contributed by atoms with Crippen LogP contribution >= 0.6 is 0 Å². The highest BCUT2D eigenvalue weighted by molar-refractivity contribution is 5.74. The fourth-order valence-corrected chi connectivity index (χ4v) is 15.7. The monoisotopic (exact) mass is 1790 g/mol. The molecular formula is C68H114N4O50. The molecule has 10 rings (SSSR count). The van der Waals surface area contributed by atoms with Crippen molar-refractivity contribution >= 4 is 23.6 Å². The summed E-state index contributed by atoms with van der Waals surface area (Å²) in [5.74, 6) is -3.56. The van der Waals surface area contributed by atoms with Gasteiger partial charge in [-0.1, -0.05) is 0 Å². The zero-order valence-corrected chi connectivity index (χ0v) is 65.7. The lowest BCUT2D eigenvalue weighted by atomic mass is 9.93. The molecule has 10 fully saturated rings. The highest BCUT2D eigenvalue weighted by atomic mass is 16.8. The Morgan fingerprint density at radius 1 is 0.230 bits per heavy atom. The first-order valence-corrected chi connectivity index (χ1v) is 39.0. The van der Waals surface area contributed by atoms with Crippen molar-refractivity contribution in [3.63, 3.8) is 0 Å². The molecule has 10 aliphatic heterocycles. The number of ether oxygens (including phenoxy) is 19. The van der Waals surface area contributed by atoms with E-state index >= 15 is 0 Å². The first kappa shape index (κ1) is 100. The predicted octanol–water partition coefficient (Wildman–Crippen LogP) is -21.2. The van der Waals surface area contributed by atoms with Gasteiger partial charge in [0, 0.05) is 27.7 Å². The average molecular weight is 1790 g/mol. The summed E-state index contributed by atoms with van der Waals surface area (Å²) in [5.41, 5.74) is 0. The molecule has 0 unspecified atom stereocenters. The van der Waals surface area contributed by atoms with E-state index in [0.717, 1.165) is 27.7 Å². The fraction of sp³-hybridized carbons (Fsp3) is 0.941. The van der Waals surface area contributed by atoms with Gasteiger partial charge >= 0.3 is 0 Å². The van der Waals surface area contributed by atoms with Crippen molar-refractivity contribution in [3.8, 4) is 0 Å². The van der Waals surface area contributed by atoms with Crippen molar-refractivity contribution in [2.45, 2.75) is 341 Å². The average Bonchev–Trinajstić information content (AvgIpc) is 0.762. The SMILES string of the molecule is CC(=O)N[C@@H]1[C@@H](O)[C@H](O[C@@H]2O[C@H](CO)[C@@H](O[C@@H]3O[C@H](CO[C@H]4O[C@H](CO[C@@H]5O[C@H](CO)[C@@H](O[C@@H]6O[C@H](CO)[C@H](O)[C@H](O)[C@H]6O)[C@H](O)[C@H]5NC(C)=O)[C@@H](O)[C@H](O)[C@@H]4O)[C@@H](O)[C@H](O[C@H]4O[C@H](CO)[C@@H](O[C@@H]5O[C@H](CO)[C@@H](O[C@@H]6O[C@H](CO)[C@H](O)[C@H](O)[C@H]6O)[C@H](O)[C@H]5NC(C)=O)[C@H](O)[C@@H]4O)[C@@H]3O)[C@H](O)[C@H]2NC(C)=O)[C@@H](CO[C@H]2O[C@H](C)[C@H](O)[C@H](O)[C@H]2O)O[C@H]1O. The van der Waals surface area contributed by atoms with Crippen molar-refractivity contribution in [1.29, 1.82) is 0 Å². The summed E-state index contributed by atoms with van der Waals surface area (Å²) in [6, 6.07) is -7.29. The summed E-state index contributed by atoms with van der Waals surface area (Å²) < 4.78 is 111. The first-order valence-electron chi connectivity index (χ1n) is 39.0. The third kappa shape index (κ3) is 22.2. The number of hydrogen-bond donors (Lipinski definition) is 31. The Bertz CT molecular complexity index is 3290. The second-order valence-electron chi connectivity index (χ2n) is 31.0. The zero-order valence-electron chi connectivity index (χ0n) is 65.7. The van der Waals surface area contributed by atoms with Gasteiger partial charge in [-0.2, -0.15) is 0 Å². The molecule has 10 heterocycles. The molecular weight excluding hydrogens is 1670 g/mol. The summed E-state index contributed by atoms with van der Waals surface area (Å²) in [4.78, 5) is 51.0. The number of amides is 4. The van der Waals surface area contributed by atoms with Crippen LogP contribution in [0.5, 0.6) is 0 Å². The Morgan fingerprint density at radius 2 is 0.484 bits per heavy atom. The number of hydrogen-bond acceptors (Lipinski definition) is 50. The molecule has 0 bridgehead atoms. The Morgan fingerprint density at radius 3 is 0.893 bits per heavy atom. The zero-order chi connectivity index (χ0) is 89.8. The van der Waals surface area contributed by atoms with Crippen LogP contribution in [0.3, 0.4) is 0 Å². The lowest BCUT2D eigenvalue weighted by molar-refractivity contribution is -0.391. The quantitative estimate of drug-likeness (QED) is 0.0306. The Labute approximate surface area is 691 Å². The van der Waals surface area contributed by atoms with E-state index in [1.54, 1.807) is 0 Å². The molecule has 4 amide bonds. The van der Waals surface area contributed by atoms with E-state index in [1.807, 2.05) is 0 Å². The van der Waals surface area contributed by atoms with Crippen LogP contribution in [-0.4, -0.2) is 528 Å². The number of aliphatic hydroxyl groups excluding tert-OH is 27. The van der Waals surface area contributed by atoms with Gasteiger partial charge in [-0.25, -0.2) is 0 Å². The third-order valence-electron chi connectivity index (χ3n) is 22.4. The summed E-state index contributed by atoms with van der Waals surface area (Å²) in [7, 11) is 0. The van der Waals surface area contributed by atoms with E-state index in [9.17, 15) is 157 Å². The molecule has 54 heteroatoms. The maximum Gasteiger partial charge on any atom is 0.217 e. The van der Waals surface area contributed by atoms with Gasteiger partial charge in [0.15, 0.2) is 62.9 Å². The topological polar surface area (TPSA) is 838 Å². The fourth-order valence-electron chi connectivity index (χ4n) is 15.7. The Kier molecular flexibility index (Phi) is 35.8.